The van der Waals surface area contributed by atoms with E-state index in [9.17, 15) is 0 Å². The summed E-state index contributed by atoms with van der Waals surface area (Å²) in [5.74, 6) is 0. The monoisotopic (exact) mass is 422 g/mol. The summed E-state index contributed by atoms with van der Waals surface area (Å²) in [4.78, 5) is 5.48. The van der Waals surface area contributed by atoms with Crippen LogP contribution in [0.25, 0.3) is 10.8 Å². The fourth-order valence-corrected chi connectivity index (χ4v) is 4.56. The number of imidazole rings is 1. The third-order valence-corrected chi connectivity index (χ3v) is 6.61. The molecule has 0 fully saturated rings. The second-order valence-electron chi connectivity index (χ2n) is 6.38. The normalized spacial score (nSPS) is 12.4. The zero-order valence-corrected chi connectivity index (χ0v) is 16.9. The fourth-order valence-electron chi connectivity index (χ4n) is 3.06. The van der Waals surface area contributed by atoms with Gasteiger partial charge in [-0.1, -0.05) is 52.3 Å². The quantitative estimate of drug-likeness (QED) is 0.335. The lowest BCUT2D eigenvalue weighted by molar-refractivity contribution is 0.684. The first-order chi connectivity index (χ1) is 12.7. The maximum Gasteiger partial charge on any atom is 0.0946 e. The van der Waals surface area contributed by atoms with Gasteiger partial charge in [-0.25, -0.2) is 4.98 Å². The van der Waals surface area contributed by atoms with Crippen LogP contribution in [0.2, 0.25) is 0 Å². The van der Waals surface area contributed by atoms with Crippen molar-refractivity contribution in [1.82, 2.24) is 9.55 Å². The number of rotatable bonds is 5. The molecule has 1 atom stereocenters. The minimum Gasteiger partial charge on any atom is -0.336 e. The van der Waals surface area contributed by atoms with Gasteiger partial charge in [0.2, 0.25) is 0 Å². The van der Waals surface area contributed by atoms with Crippen molar-refractivity contribution < 1.29 is 0 Å². The summed E-state index contributed by atoms with van der Waals surface area (Å²) >= 11 is 5.50. The van der Waals surface area contributed by atoms with Gasteiger partial charge in [-0.3, -0.25) is 0 Å². The second kappa shape index (κ2) is 7.68. The number of hydrogen-bond donors (Lipinski definition) is 0. The van der Waals surface area contributed by atoms with Crippen molar-refractivity contribution in [2.24, 2.45) is 0 Å². The zero-order chi connectivity index (χ0) is 17.9. The van der Waals surface area contributed by atoms with Crippen LogP contribution in [0, 0.1) is 6.92 Å². The van der Waals surface area contributed by atoms with E-state index in [0.717, 1.165) is 11.0 Å². The molecule has 1 unspecified atom stereocenters. The summed E-state index contributed by atoms with van der Waals surface area (Å²) in [5.41, 5.74) is 2.60. The minimum atomic E-state index is 0.314. The van der Waals surface area contributed by atoms with Crippen LogP contribution in [0.5, 0.6) is 0 Å². The Labute approximate surface area is 166 Å². The molecule has 0 aliphatic carbocycles. The summed E-state index contributed by atoms with van der Waals surface area (Å²) in [6.45, 7) is 3.02. The van der Waals surface area contributed by atoms with Crippen molar-refractivity contribution in [3.8, 4) is 0 Å². The van der Waals surface area contributed by atoms with E-state index in [4.69, 9.17) is 0 Å². The first kappa shape index (κ1) is 17.4. The molecule has 0 amide bonds. The van der Waals surface area contributed by atoms with Crippen molar-refractivity contribution in [2.75, 3.05) is 0 Å². The van der Waals surface area contributed by atoms with Gasteiger partial charge in [0.25, 0.3) is 0 Å². The molecule has 4 rings (SSSR count). The van der Waals surface area contributed by atoms with E-state index in [2.05, 4.69) is 93.1 Å². The first-order valence-corrected chi connectivity index (χ1v) is 10.2. The lowest BCUT2D eigenvalue weighted by Crippen LogP contribution is -2.05. The molecule has 1 aromatic heterocycles. The van der Waals surface area contributed by atoms with E-state index in [1.165, 1.54) is 26.8 Å². The van der Waals surface area contributed by atoms with Crippen molar-refractivity contribution >= 4 is 38.5 Å². The van der Waals surface area contributed by atoms with E-state index in [1.54, 1.807) is 0 Å². The molecule has 2 nitrogen and oxygen atoms in total. The van der Waals surface area contributed by atoms with Crippen LogP contribution in [0.4, 0.5) is 0 Å². The number of benzene rings is 3. The van der Waals surface area contributed by atoms with Crippen molar-refractivity contribution in [3.05, 3.63) is 95.0 Å². The molecule has 4 heteroatoms. The highest BCUT2D eigenvalue weighted by atomic mass is 79.9. The molecule has 0 saturated heterocycles. The van der Waals surface area contributed by atoms with Crippen molar-refractivity contribution in [3.63, 3.8) is 0 Å². The van der Waals surface area contributed by atoms with Crippen LogP contribution in [-0.4, -0.2) is 9.55 Å². The Kier molecular flexibility index (Phi) is 5.14. The summed E-state index contributed by atoms with van der Waals surface area (Å²) in [7, 11) is 0. The van der Waals surface area contributed by atoms with Gasteiger partial charge in [-0.15, -0.1) is 11.8 Å². The fraction of sp³-hybridized carbons (Fsp3) is 0.136. The molecule has 0 aliphatic rings. The molecule has 4 aromatic rings. The van der Waals surface area contributed by atoms with Gasteiger partial charge >= 0.3 is 0 Å². The maximum atomic E-state index is 4.20. The lowest BCUT2D eigenvalue weighted by Gasteiger charge is -2.19. The van der Waals surface area contributed by atoms with Crippen LogP contribution < -0.4 is 0 Å². The summed E-state index contributed by atoms with van der Waals surface area (Å²) in [6.07, 6.45) is 5.76. The molecule has 26 heavy (non-hydrogen) atoms. The first-order valence-electron chi connectivity index (χ1n) is 8.56. The number of aromatic nitrogens is 2. The van der Waals surface area contributed by atoms with Crippen molar-refractivity contribution in [2.45, 2.75) is 23.6 Å². The number of nitrogens with zero attached hydrogens (tertiary/aromatic N) is 2. The lowest BCUT2D eigenvalue weighted by atomic mass is 10.0. The van der Waals surface area contributed by atoms with E-state index in [0.29, 0.717) is 5.25 Å². The number of thioether (sulfide) groups is 1. The maximum absolute atomic E-state index is 4.20. The SMILES string of the molecule is Cc1cc(SC(Cn2ccnc2)c2ccc3ccccc3c2)ccc1Br. The topological polar surface area (TPSA) is 17.8 Å². The Morgan fingerprint density at radius 3 is 2.65 bits per heavy atom. The van der Waals surface area contributed by atoms with Crippen LogP contribution in [0.15, 0.2) is 88.8 Å². The number of aryl methyl sites for hydroxylation is 1. The minimum absolute atomic E-state index is 0.314. The van der Waals surface area contributed by atoms with Gasteiger partial charge in [0.1, 0.15) is 0 Å². The largest absolute Gasteiger partial charge is 0.336 e. The van der Waals surface area contributed by atoms with Crippen molar-refractivity contribution in [1.29, 1.82) is 0 Å². The molecule has 0 spiro atoms. The number of hydrogen-bond acceptors (Lipinski definition) is 2. The molecular weight excluding hydrogens is 404 g/mol. The number of halogens is 1. The number of fused-ring (bicyclic) bond motifs is 1. The van der Waals surface area contributed by atoms with Gasteiger partial charge in [0.15, 0.2) is 0 Å². The summed E-state index contributed by atoms with van der Waals surface area (Å²) < 4.78 is 3.30. The molecule has 0 aliphatic heterocycles. The van der Waals surface area contributed by atoms with Crippen LogP contribution in [0.1, 0.15) is 16.4 Å². The highest BCUT2D eigenvalue weighted by molar-refractivity contribution is 9.10. The van der Waals surface area contributed by atoms with Gasteiger partial charge in [0, 0.05) is 28.3 Å². The van der Waals surface area contributed by atoms with E-state index in [1.807, 2.05) is 30.5 Å². The Balaban J connectivity index is 1.69. The Hall–Kier alpha value is -2.04. The van der Waals surface area contributed by atoms with Crippen LogP contribution in [-0.2, 0) is 6.54 Å². The van der Waals surface area contributed by atoms with Gasteiger partial charge in [-0.2, -0.15) is 0 Å². The highest BCUT2D eigenvalue weighted by Crippen LogP contribution is 2.38. The molecule has 130 valence electrons. The van der Waals surface area contributed by atoms with E-state index >= 15 is 0 Å². The molecule has 0 saturated carbocycles. The molecular formula is C22H19BrN2S. The van der Waals surface area contributed by atoms with Crippen LogP contribution >= 0.6 is 27.7 Å². The molecule has 0 radical (unpaired) electrons. The Morgan fingerprint density at radius 2 is 1.88 bits per heavy atom. The van der Waals surface area contributed by atoms with E-state index < -0.39 is 0 Å². The highest BCUT2D eigenvalue weighted by Gasteiger charge is 2.15. The predicted octanol–water partition coefficient (Wildman–Crippen LogP) is 6.64. The van der Waals surface area contributed by atoms with Gasteiger partial charge in [-0.05, 0) is 53.1 Å². The van der Waals surface area contributed by atoms with Gasteiger partial charge in [0.05, 0.1) is 11.6 Å². The Morgan fingerprint density at radius 1 is 1.04 bits per heavy atom. The third kappa shape index (κ3) is 3.87. The average Bonchev–Trinajstić information content (AvgIpc) is 3.17. The Bertz CT molecular complexity index is 1030. The average molecular weight is 423 g/mol. The summed E-state index contributed by atoms with van der Waals surface area (Å²) in [6, 6.07) is 21.9. The molecule has 3 aromatic carbocycles. The standard InChI is InChI=1S/C22H19BrN2S/c1-16-12-20(8-9-21(16)23)26-22(14-25-11-10-24-15-25)19-7-6-17-4-2-3-5-18(17)13-19/h2-13,15,22H,14H2,1H3. The summed E-state index contributed by atoms with van der Waals surface area (Å²) in [5, 5.41) is 2.88. The smallest absolute Gasteiger partial charge is 0.0946 e. The molecule has 0 bridgehead atoms. The third-order valence-electron chi connectivity index (χ3n) is 4.49. The second-order valence-corrected chi connectivity index (χ2v) is 8.51. The van der Waals surface area contributed by atoms with Gasteiger partial charge < -0.3 is 4.57 Å². The molecule has 1 heterocycles. The molecule has 0 N–H and O–H groups in total. The predicted molar refractivity (Wildman–Crippen MR) is 114 cm³/mol. The zero-order valence-electron chi connectivity index (χ0n) is 14.5. The van der Waals surface area contributed by atoms with E-state index in [-0.39, 0.29) is 0 Å². The van der Waals surface area contributed by atoms with Crippen LogP contribution in [0.3, 0.4) is 0 Å².